The molecule has 0 aromatic carbocycles. The molecule has 7 heteroatoms. The van der Waals surface area contributed by atoms with Crippen LogP contribution in [0.2, 0.25) is 0 Å². The number of rotatable bonds is 2. The van der Waals surface area contributed by atoms with Gasteiger partial charge >= 0.3 is 0 Å². The number of likely N-dealkylation sites (N-methyl/N-ethyl adjacent to an activating group) is 1. The molecule has 6 nitrogen and oxygen atoms in total. The van der Waals surface area contributed by atoms with E-state index in [1.54, 1.807) is 0 Å². The molecule has 2 heterocycles. The number of hydrogen-bond acceptors (Lipinski definition) is 6. The van der Waals surface area contributed by atoms with Crippen LogP contribution in [0.1, 0.15) is 24.2 Å². The molecule has 1 amide bonds. The molecule has 0 radical (unpaired) electrons. The van der Waals surface area contributed by atoms with Crippen molar-refractivity contribution in [1.82, 2.24) is 9.27 Å². The summed E-state index contributed by atoms with van der Waals surface area (Å²) in [5.74, 6) is -0.271. The third kappa shape index (κ3) is 2.15. The molecule has 0 aliphatic carbocycles. The monoisotopic (exact) mass is 269 g/mol. The minimum atomic E-state index is -0.506. The first-order valence-electron chi connectivity index (χ1n) is 5.84. The lowest BCUT2D eigenvalue weighted by atomic mass is 10.00. The Morgan fingerprint density at radius 2 is 2.11 bits per heavy atom. The van der Waals surface area contributed by atoms with Gasteiger partial charge < -0.3 is 16.4 Å². The smallest absolute Gasteiger partial charge is 0.255 e. The molecule has 0 atom stereocenters. The number of aromatic nitrogens is 1. The summed E-state index contributed by atoms with van der Waals surface area (Å²) in [6.07, 6.45) is 0. The van der Waals surface area contributed by atoms with Gasteiger partial charge in [0.2, 0.25) is 0 Å². The maximum Gasteiger partial charge on any atom is 0.255 e. The molecular formula is C11H19N5OS. The van der Waals surface area contributed by atoms with Gasteiger partial charge in [0.15, 0.2) is 5.82 Å². The fourth-order valence-corrected chi connectivity index (χ4v) is 3.00. The molecule has 0 bridgehead atoms. The van der Waals surface area contributed by atoms with Crippen molar-refractivity contribution in [1.29, 1.82) is 0 Å². The first-order valence-corrected chi connectivity index (χ1v) is 6.61. The first-order chi connectivity index (χ1) is 8.33. The van der Waals surface area contributed by atoms with E-state index in [2.05, 4.69) is 35.1 Å². The second kappa shape index (κ2) is 4.40. The zero-order valence-electron chi connectivity index (χ0n) is 10.9. The Kier molecular flexibility index (Phi) is 3.20. The van der Waals surface area contributed by atoms with Crippen molar-refractivity contribution in [3.8, 4) is 0 Å². The summed E-state index contributed by atoms with van der Waals surface area (Å²) in [6, 6.07) is 0. The molecule has 1 aromatic rings. The lowest BCUT2D eigenvalue weighted by molar-refractivity contribution is 0.100. The molecule has 0 spiro atoms. The Bertz CT molecular complexity index is 470. The van der Waals surface area contributed by atoms with E-state index in [9.17, 15) is 4.79 Å². The molecule has 1 saturated heterocycles. The minimum Gasteiger partial charge on any atom is -0.382 e. The van der Waals surface area contributed by atoms with E-state index >= 15 is 0 Å². The summed E-state index contributed by atoms with van der Waals surface area (Å²) in [4.78, 5) is 15.9. The molecule has 4 N–H and O–H groups in total. The van der Waals surface area contributed by atoms with Gasteiger partial charge in [0.05, 0.1) is 0 Å². The molecule has 0 saturated carbocycles. The summed E-state index contributed by atoms with van der Waals surface area (Å²) in [7, 11) is 2.10. The van der Waals surface area contributed by atoms with Gasteiger partial charge in [-0.3, -0.25) is 9.69 Å². The van der Waals surface area contributed by atoms with E-state index in [0.717, 1.165) is 24.6 Å². The molecular weight excluding hydrogens is 250 g/mol. The third-order valence-corrected chi connectivity index (χ3v) is 4.47. The molecule has 1 aromatic heterocycles. The van der Waals surface area contributed by atoms with Gasteiger partial charge in [0, 0.05) is 25.2 Å². The molecule has 1 aliphatic heterocycles. The summed E-state index contributed by atoms with van der Waals surface area (Å²) in [6.45, 7) is 6.96. The average molecular weight is 269 g/mol. The molecule has 2 rings (SSSR count). The van der Waals surface area contributed by atoms with Crippen LogP contribution in [0, 0.1) is 0 Å². The fraction of sp³-hybridized carbons (Fsp3) is 0.636. The van der Waals surface area contributed by atoms with Crippen molar-refractivity contribution in [2.45, 2.75) is 19.4 Å². The number of carbonyl (C=O) groups excluding carboxylic acids is 1. The van der Waals surface area contributed by atoms with E-state index < -0.39 is 5.91 Å². The quantitative estimate of drug-likeness (QED) is 0.809. The number of anilines is 2. The van der Waals surface area contributed by atoms with E-state index in [1.165, 1.54) is 11.5 Å². The average Bonchev–Trinajstić information content (AvgIpc) is 2.64. The number of hydrogen-bond donors (Lipinski definition) is 2. The normalized spacial score (nSPS) is 20.1. The Balaban J connectivity index is 2.31. The maximum atomic E-state index is 11.4. The Labute approximate surface area is 111 Å². The number of nitrogen functional groups attached to an aromatic ring is 1. The van der Waals surface area contributed by atoms with Gasteiger partial charge in [-0.15, -0.1) is 0 Å². The van der Waals surface area contributed by atoms with E-state index in [0.29, 0.717) is 5.56 Å². The van der Waals surface area contributed by atoms with Crippen LogP contribution < -0.4 is 16.4 Å². The summed E-state index contributed by atoms with van der Waals surface area (Å²) in [5, 5.41) is 0.793. The number of carbonyl (C=O) groups is 1. The highest BCUT2D eigenvalue weighted by molar-refractivity contribution is 7.11. The lowest BCUT2D eigenvalue weighted by Gasteiger charge is -2.45. The van der Waals surface area contributed by atoms with Crippen molar-refractivity contribution >= 4 is 28.3 Å². The standard InChI is InChI=1S/C11H19N5OS/c1-11(2)6-16(5-4-15(11)3)10-7(9(13)17)8(12)14-18-10/h4-6H2,1-3H3,(H2,12,14)(H2,13,17). The zero-order chi connectivity index (χ0) is 13.5. The Morgan fingerprint density at radius 1 is 1.44 bits per heavy atom. The second-order valence-electron chi connectivity index (χ2n) is 5.27. The van der Waals surface area contributed by atoms with Crippen molar-refractivity contribution in [2.24, 2.45) is 5.73 Å². The number of amides is 1. The van der Waals surface area contributed by atoms with Crippen LogP contribution in [0.5, 0.6) is 0 Å². The number of nitrogens with two attached hydrogens (primary N) is 2. The third-order valence-electron chi connectivity index (χ3n) is 3.55. The van der Waals surface area contributed by atoms with Crippen LogP contribution in [-0.4, -0.2) is 47.4 Å². The van der Waals surface area contributed by atoms with Crippen LogP contribution in [0.3, 0.4) is 0 Å². The largest absolute Gasteiger partial charge is 0.382 e. The van der Waals surface area contributed by atoms with Crippen LogP contribution in [0.4, 0.5) is 10.8 Å². The van der Waals surface area contributed by atoms with Gasteiger partial charge in [-0.1, -0.05) is 0 Å². The zero-order valence-corrected chi connectivity index (χ0v) is 11.8. The molecule has 0 unspecified atom stereocenters. The van der Waals surface area contributed by atoms with Gasteiger partial charge in [-0.25, -0.2) is 0 Å². The Hall–Kier alpha value is -1.34. The fourth-order valence-electron chi connectivity index (χ4n) is 2.15. The minimum absolute atomic E-state index is 0.0475. The second-order valence-corrected chi connectivity index (χ2v) is 6.02. The first kappa shape index (κ1) is 13.1. The molecule has 1 fully saturated rings. The maximum absolute atomic E-state index is 11.4. The van der Waals surface area contributed by atoms with Crippen molar-refractivity contribution in [3.05, 3.63) is 5.56 Å². The van der Waals surface area contributed by atoms with Crippen LogP contribution in [0.15, 0.2) is 0 Å². The number of nitrogens with zero attached hydrogens (tertiary/aromatic N) is 3. The molecule has 1 aliphatic rings. The van der Waals surface area contributed by atoms with Gasteiger partial charge in [-0.2, -0.15) is 4.37 Å². The van der Waals surface area contributed by atoms with Crippen LogP contribution in [0.25, 0.3) is 0 Å². The molecule has 18 heavy (non-hydrogen) atoms. The lowest BCUT2D eigenvalue weighted by Crippen LogP contribution is -2.57. The predicted molar refractivity (Wildman–Crippen MR) is 74.0 cm³/mol. The summed E-state index contributed by atoms with van der Waals surface area (Å²) >= 11 is 1.24. The summed E-state index contributed by atoms with van der Waals surface area (Å²) in [5.41, 5.74) is 11.5. The highest BCUT2D eigenvalue weighted by Crippen LogP contribution is 2.33. The van der Waals surface area contributed by atoms with E-state index in [1.807, 2.05) is 0 Å². The van der Waals surface area contributed by atoms with Crippen LogP contribution >= 0.6 is 11.5 Å². The van der Waals surface area contributed by atoms with Gasteiger partial charge in [0.1, 0.15) is 10.6 Å². The topological polar surface area (TPSA) is 88.5 Å². The predicted octanol–water partition coefficient (Wildman–Crippen LogP) is 0.355. The van der Waals surface area contributed by atoms with Crippen molar-refractivity contribution in [2.75, 3.05) is 37.3 Å². The van der Waals surface area contributed by atoms with Crippen LogP contribution in [-0.2, 0) is 0 Å². The Morgan fingerprint density at radius 3 is 2.67 bits per heavy atom. The van der Waals surface area contributed by atoms with E-state index in [-0.39, 0.29) is 11.4 Å². The SMILES string of the molecule is CN1CCN(c2snc(N)c2C(N)=O)CC1(C)C. The van der Waals surface area contributed by atoms with E-state index in [4.69, 9.17) is 11.5 Å². The molecule has 100 valence electrons. The van der Waals surface area contributed by atoms with Gasteiger partial charge in [0.25, 0.3) is 5.91 Å². The highest BCUT2D eigenvalue weighted by Gasteiger charge is 2.33. The van der Waals surface area contributed by atoms with Gasteiger partial charge in [-0.05, 0) is 32.4 Å². The highest BCUT2D eigenvalue weighted by atomic mass is 32.1. The van der Waals surface area contributed by atoms with Crippen molar-refractivity contribution < 1.29 is 4.79 Å². The van der Waals surface area contributed by atoms with Crippen molar-refractivity contribution in [3.63, 3.8) is 0 Å². The number of piperazine rings is 1. The summed E-state index contributed by atoms with van der Waals surface area (Å²) < 4.78 is 4.04. The number of primary amides is 1.